The van der Waals surface area contributed by atoms with Crippen LogP contribution < -0.4 is 10.1 Å². The Morgan fingerprint density at radius 2 is 1.85 bits per heavy atom. The second kappa shape index (κ2) is 8.69. The zero-order valence-electron chi connectivity index (χ0n) is 13.7. The van der Waals surface area contributed by atoms with Crippen LogP contribution in [0.4, 0.5) is 0 Å². The molecule has 2 aromatic carbocycles. The van der Waals surface area contributed by atoms with E-state index in [1.54, 1.807) is 30.6 Å². The summed E-state index contributed by atoms with van der Waals surface area (Å²) in [4.78, 5) is 13.9. The van der Waals surface area contributed by atoms with Crippen molar-refractivity contribution in [2.24, 2.45) is 0 Å². The van der Waals surface area contributed by atoms with Crippen molar-refractivity contribution in [3.63, 3.8) is 0 Å². The molecule has 0 bridgehead atoms. The van der Waals surface area contributed by atoms with Crippen LogP contribution in [-0.2, 0) is 11.3 Å². The minimum absolute atomic E-state index is 0.169. The number of hydrogen-bond donors (Lipinski definition) is 1. The maximum atomic E-state index is 12.4. The molecule has 26 heavy (non-hydrogen) atoms. The molecule has 0 spiro atoms. The van der Waals surface area contributed by atoms with Gasteiger partial charge in [0.15, 0.2) is 6.61 Å². The fourth-order valence-corrected chi connectivity index (χ4v) is 2.86. The zero-order chi connectivity index (χ0) is 18.4. The van der Waals surface area contributed by atoms with Crippen LogP contribution in [0, 0.1) is 0 Å². The van der Waals surface area contributed by atoms with Crippen LogP contribution in [0.3, 0.4) is 0 Å². The van der Waals surface area contributed by atoms with Crippen molar-refractivity contribution in [3.8, 4) is 5.75 Å². The van der Waals surface area contributed by atoms with Crippen molar-refractivity contribution < 1.29 is 9.53 Å². The monoisotopic (exact) mass is 390 g/mol. The van der Waals surface area contributed by atoms with E-state index in [9.17, 15) is 4.79 Å². The first-order chi connectivity index (χ1) is 12.6. The minimum Gasteiger partial charge on any atom is -0.482 e. The van der Waals surface area contributed by atoms with Gasteiger partial charge in [-0.15, -0.1) is 0 Å². The van der Waals surface area contributed by atoms with Crippen molar-refractivity contribution >= 4 is 29.1 Å². The second-order valence-corrected chi connectivity index (χ2v) is 6.32. The molecule has 1 aromatic heterocycles. The first kappa shape index (κ1) is 18.2. The molecule has 134 valence electrons. The summed E-state index contributed by atoms with van der Waals surface area (Å²) in [5.41, 5.74) is 0.947. The maximum Gasteiger partial charge on any atom is 0.258 e. The van der Waals surface area contributed by atoms with Crippen molar-refractivity contribution in [2.75, 3.05) is 6.61 Å². The van der Waals surface area contributed by atoms with E-state index in [-0.39, 0.29) is 18.6 Å². The third-order valence-corrected chi connectivity index (χ3v) is 4.13. The average molecular weight is 391 g/mol. The normalized spacial score (nSPS) is 11.8. The summed E-state index contributed by atoms with van der Waals surface area (Å²) in [6, 6.07) is 14.2. The topological polar surface area (TPSA) is 69.0 Å². The molecule has 6 nitrogen and oxygen atoms in total. The van der Waals surface area contributed by atoms with Gasteiger partial charge in [0.25, 0.3) is 5.91 Å². The lowest BCUT2D eigenvalue weighted by molar-refractivity contribution is -0.124. The van der Waals surface area contributed by atoms with Gasteiger partial charge in [-0.2, -0.15) is 15.0 Å². The molecule has 0 aliphatic rings. The fraction of sp³-hybridized carbons (Fsp3) is 0.167. The van der Waals surface area contributed by atoms with Crippen LogP contribution in [0.15, 0.2) is 60.9 Å². The van der Waals surface area contributed by atoms with E-state index in [1.165, 1.54) is 4.80 Å². The van der Waals surface area contributed by atoms with Gasteiger partial charge in [0.2, 0.25) is 0 Å². The Bertz CT molecular complexity index is 857. The summed E-state index contributed by atoms with van der Waals surface area (Å²) >= 11 is 11.9. The highest BCUT2D eigenvalue weighted by atomic mass is 35.5. The summed E-state index contributed by atoms with van der Waals surface area (Å²) in [6.45, 7) is 0.238. The van der Waals surface area contributed by atoms with E-state index in [2.05, 4.69) is 15.5 Å². The Kier molecular flexibility index (Phi) is 6.09. The molecule has 3 aromatic rings. The molecule has 0 saturated carbocycles. The molecule has 8 heteroatoms. The highest BCUT2D eigenvalue weighted by molar-refractivity contribution is 6.35. The van der Waals surface area contributed by atoms with Gasteiger partial charge in [-0.3, -0.25) is 4.79 Å². The molecule has 3 rings (SSSR count). The SMILES string of the molecule is O=C(COc1ccc(Cl)cc1Cl)N[C@H](Cn1nccn1)c1ccccc1. The number of rotatable bonds is 7. The number of carbonyl (C=O) groups excluding carboxylic acids is 1. The summed E-state index contributed by atoms with van der Waals surface area (Å²) in [6.07, 6.45) is 3.19. The summed E-state index contributed by atoms with van der Waals surface area (Å²) in [5.74, 6) is 0.119. The molecule has 1 amide bonds. The van der Waals surface area contributed by atoms with Crippen molar-refractivity contribution in [3.05, 3.63) is 76.5 Å². The quantitative estimate of drug-likeness (QED) is 0.669. The van der Waals surface area contributed by atoms with Crippen LogP contribution in [0.25, 0.3) is 0 Å². The number of halogens is 2. The van der Waals surface area contributed by atoms with Crippen molar-refractivity contribution in [1.29, 1.82) is 0 Å². The van der Waals surface area contributed by atoms with Gasteiger partial charge in [0, 0.05) is 5.02 Å². The van der Waals surface area contributed by atoms with E-state index in [0.29, 0.717) is 22.3 Å². The Hall–Kier alpha value is -2.57. The molecule has 0 aliphatic heterocycles. The minimum atomic E-state index is -0.291. The number of benzene rings is 2. The number of amides is 1. The van der Waals surface area contributed by atoms with Crippen LogP contribution in [0.1, 0.15) is 11.6 Å². The Balaban J connectivity index is 1.65. The largest absolute Gasteiger partial charge is 0.482 e. The standard InChI is InChI=1S/C18H16Cl2N4O2/c19-14-6-7-17(15(20)10-14)26-12-18(25)23-16(11-24-21-8-9-22-24)13-4-2-1-3-5-13/h1-10,16H,11-12H2,(H,23,25)/t16-/m1/s1. The van der Waals surface area contributed by atoms with Crippen LogP contribution in [0.2, 0.25) is 10.0 Å². The van der Waals surface area contributed by atoms with Crippen molar-refractivity contribution in [2.45, 2.75) is 12.6 Å². The molecule has 0 radical (unpaired) electrons. The molecule has 0 fully saturated rings. The maximum absolute atomic E-state index is 12.4. The first-order valence-corrected chi connectivity index (χ1v) is 8.63. The smallest absolute Gasteiger partial charge is 0.258 e. The average Bonchev–Trinajstić information content (AvgIpc) is 3.14. The van der Waals surface area contributed by atoms with Crippen molar-refractivity contribution in [1.82, 2.24) is 20.3 Å². The molecule has 1 N–H and O–H groups in total. The van der Waals surface area contributed by atoms with E-state index < -0.39 is 0 Å². The van der Waals surface area contributed by atoms with Gasteiger partial charge in [0.05, 0.1) is 30.0 Å². The van der Waals surface area contributed by atoms with Crippen LogP contribution >= 0.6 is 23.2 Å². The van der Waals surface area contributed by atoms with E-state index in [0.717, 1.165) is 5.56 Å². The van der Waals surface area contributed by atoms with E-state index in [1.807, 2.05) is 30.3 Å². The van der Waals surface area contributed by atoms with Gasteiger partial charge in [-0.25, -0.2) is 0 Å². The van der Waals surface area contributed by atoms with Gasteiger partial charge < -0.3 is 10.1 Å². The second-order valence-electron chi connectivity index (χ2n) is 5.48. The molecular weight excluding hydrogens is 375 g/mol. The molecule has 0 saturated heterocycles. The lowest BCUT2D eigenvalue weighted by Gasteiger charge is -2.19. The number of aromatic nitrogens is 3. The molecule has 1 atom stereocenters. The van der Waals surface area contributed by atoms with Gasteiger partial charge in [-0.05, 0) is 23.8 Å². The Morgan fingerprint density at radius 3 is 2.54 bits per heavy atom. The lowest BCUT2D eigenvalue weighted by atomic mass is 10.1. The van der Waals surface area contributed by atoms with E-state index >= 15 is 0 Å². The molecule has 0 unspecified atom stereocenters. The molecular formula is C18H16Cl2N4O2. The van der Waals surface area contributed by atoms with Gasteiger partial charge >= 0.3 is 0 Å². The number of hydrogen-bond acceptors (Lipinski definition) is 4. The first-order valence-electron chi connectivity index (χ1n) is 7.88. The Labute approximate surface area is 160 Å². The number of carbonyl (C=O) groups is 1. The lowest BCUT2D eigenvalue weighted by Crippen LogP contribution is -2.35. The van der Waals surface area contributed by atoms with Gasteiger partial charge in [0.1, 0.15) is 5.75 Å². The summed E-state index contributed by atoms with van der Waals surface area (Å²) < 4.78 is 5.48. The number of nitrogens with one attached hydrogen (secondary N) is 1. The predicted octanol–water partition coefficient (Wildman–Crippen LogP) is 3.52. The van der Waals surface area contributed by atoms with Gasteiger partial charge in [-0.1, -0.05) is 53.5 Å². The summed E-state index contributed by atoms with van der Waals surface area (Å²) in [7, 11) is 0. The molecule has 0 aliphatic carbocycles. The van der Waals surface area contributed by atoms with E-state index in [4.69, 9.17) is 27.9 Å². The molecule has 1 heterocycles. The number of ether oxygens (including phenoxy) is 1. The third-order valence-electron chi connectivity index (χ3n) is 3.60. The fourth-order valence-electron chi connectivity index (χ4n) is 2.39. The highest BCUT2D eigenvalue weighted by Gasteiger charge is 2.17. The van der Waals surface area contributed by atoms with Crippen LogP contribution in [0.5, 0.6) is 5.75 Å². The predicted molar refractivity (Wildman–Crippen MR) is 99.3 cm³/mol. The zero-order valence-corrected chi connectivity index (χ0v) is 15.2. The summed E-state index contributed by atoms with van der Waals surface area (Å²) in [5, 5.41) is 12.0. The highest BCUT2D eigenvalue weighted by Crippen LogP contribution is 2.27. The van der Waals surface area contributed by atoms with Crippen LogP contribution in [-0.4, -0.2) is 27.5 Å². The third kappa shape index (κ3) is 4.97. The number of nitrogens with zero attached hydrogens (tertiary/aromatic N) is 3. The Morgan fingerprint density at radius 1 is 1.12 bits per heavy atom.